The number of hydrogen-bond donors (Lipinski definition) is 2. The van der Waals surface area contributed by atoms with Crippen LogP contribution in [0.5, 0.6) is 0 Å². The van der Waals surface area contributed by atoms with Crippen LogP contribution in [0.3, 0.4) is 0 Å². The molecule has 0 aromatic heterocycles. The van der Waals surface area contributed by atoms with Gasteiger partial charge in [0.25, 0.3) is 0 Å². The molecule has 0 unspecified atom stereocenters. The molecule has 0 aliphatic carbocycles. The van der Waals surface area contributed by atoms with Gasteiger partial charge in [-0.2, -0.15) is 0 Å². The maximum absolute atomic E-state index is 10.4. The maximum atomic E-state index is 10.4. The predicted molar refractivity (Wildman–Crippen MR) is 49.1 cm³/mol. The molecule has 0 aliphatic rings. The van der Waals surface area contributed by atoms with E-state index in [0.717, 1.165) is 17.5 Å². The zero-order valence-electron chi connectivity index (χ0n) is 6.37. The van der Waals surface area contributed by atoms with E-state index in [0.29, 0.717) is 31.6 Å². The second-order valence-corrected chi connectivity index (χ2v) is 3.38. The number of carbonyl (C=O) groups excluding carboxylic acids is 1. The van der Waals surface area contributed by atoms with Gasteiger partial charge in [-0.25, -0.2) is 0 Å². The first-order valence-electron chi connectivity index (χ1n) is 3.38. The van der Waals surface area contributed by atoms with Crippen LogP contribution in [-0.4, -0.2) is 38.6 Å². The molecule has 0 amide bonds. The Labute approximate surface area is 86.8 Å². The van der Waals surface area contributed by atoms with Crippen molar-refractivity contribution in [1.29, 1.82) is 5.41 Å². The molecule has 1 aromatic carbocycles. The van der Waals surface area contributed by atoms with Crippen LogP contribution in [0.2, 0.25) is 0 Å². The zero-order valence-corrected chi connectivity index (χ0v) is 10.9. The number of aldehydes is 1. The van der Waals surface area contributed by atoms with Gasteiger partial charge in [0.05, 0.1) is 0 Å². The van der Waals surface area contributed by atoms with E-state index in [1.807, 2.05) is 0 Å². The summed E-state index contributed by atoms with van der Waals surface area (Å²) >= 11 is 0.621. The van der Waals surface area contributed by atoms with Crippen molar-refractivity contribution >= 4 is 44.3 Å². The molecule has 1 aromatic rings. The molecule has 12 heavy (non-hydrogen) atoms. The molecule has 0 atom stereocenters. The van der Waals surface area contributed by atoms with Crippen LogP contribution in [-0.2, 0) is 0 Å². The molecular formula is C8H7N2OTl. The minimum atomic E-state index is 0.621. The van der Waals surface area contributed by atoms with Crippen molar-refractivity contribution in [1.82, 2.24) is 0 Å². The Morgan fingerprint density at radius 1 is 1.50 bits per heavy atom. The van der Waals surface area contributed by atoms with Crippen molar-refractivity contribution in [3.05, 3.63) is 29.3 Å². The summed E-state index contributed by atoms with van der Waals surface area (Å²) in [5.41, 5.74) is 2.34. The van der Waals surface area contributed by atoms with E-state index in [1.54, 1.807) is 18.2 Å². The van der Waals surface area contributed by atoms with E-state index in [2.05, 4.69) is 3.13 Å². The Morgan fingerprint density at radius 2 is 2.25 bits per heavy atom. The van der Waals surface area contributed by atoms with Gasteiger partial charge < -0.3 is 0 Å². The second kappa shape index (κ2) is 4.34. The number of anilines is 1. The molecule has 58 valence electrons. The van der Waals surface area contributed by atoms with E-state index in [9.17, 15) is 4.79 Å². The number of carbonyl (C=O) groups is 1. The standard InChI is InChI=1S/C8H7N2O.Tl/c9-4-7-2-1-6(5-11)3-8(7)10;/h1-5H,(H2-,9,10);/q-1;+1. The summed E-state index contributed by atoms with van der Waals surface area (Å²) in [6.45, 7) is 0. The van der Waals surface area contributed by atoms with Crippen LogP contribution >= 0.6 is 0 Å². The summed E-state index contributed by atoms with van der Waals surface area (Å²) < 4.78 is 3.08. The molecule has 0 spiro atoms. The van der Waals surface area contributed by atoms with Gasteiger partial charge in [-0.1, -0.05) is 0 Å². The molecule has 0 saturated carbocycles. The first kappa shape index (κ1) is 9.37. The van der Waals surface area contributed by atoms with Gasteiger partial charge in [-0.3, -0.25) is 0 Å². The van der Waals surface area contributed by atoms with Crippen LogP contribution in [0.1, 0.15) is 15.9 Å². The molecule has 0 radical (unpaired) electrons. The summed E-state index contributed by atoms with van der Waals surface area (Å²) in [6.07, 6.45) is 2.08. The van der Waals surface area contributed by atoms with E-state index in [1.165, 1.54) is 6.21 Å². The zero-order chi connectivity index (χ0) is 8.97. The third-order valence-corrected chi connectivity index (χ3v) is 2.73. The molecule has 0 aliphatic heterocycles. The first-order chi connectivity index (χ1) is 5.81. The summed E-state index contributed by atoms with van der Waals surface area (Å²) in [5.74, 6) is 0. The fourth-order valence-corrected chi connectivity index (χ4v) is 1.87. The van der Waals surface area contributed by atoms with Crippen LogP contribution in [0.4, 0.5) is 5.69 Å². The van der Waals surface area contributed by atoms with Gasteiger partial charge >= 0.3 is 86.9 Å². The number of rotatable bonds is 3. The number of nitrogens with one attached hydrogen (secondary N) is 2. The first-order valence-corrected chi connectivity index (χ1v) is 5.62. The average Bonchev–Trinajstić information content (AvgIpc) is 2.16. The predicted octanol–water partition coefficient (Wildman–Crippen LogP) is 0.992. The summed E-state index contributed by atoms with van der Waals surface area (Å²) in [4.78, 5) is 10.4. The SMILES string of the molecule is N=Cc1ccc(C=O)cc1[NH][Tl]. The van der Waals surface area contributed by atoms with Crippen molar-refractivity contribution in [3.63, 3.8) is 0 Å². The number of hydrogen-bond acceptors (Lipinski definition) is 3. The molecule has 1 rings (SSSR count). The van der Waals surface area contributed by atoms with Gasteiger partial charge in [0.2, 0.25) is 0 Å². The van der Waals surface area contributed by atoms with Crippen LogP contribution in [0.15, 0.2) is 18.2 Å². The van der Waals surface area contributed by atoms with E-state index >= 15 is 0 Å². The molecule has 0 fully saturated rings. The molecule has 0 bridgehead atoms. The van der Waals surface area contributed by atoms with Crippen molar-refractivity contribution in [2.24, 2.45) is 0 Å². The topological polar surface area (TPSA) is 53.0 Å². The number of benzene rings is 1. The van der Waals surface area contributed by atoms with Crippen molar-refractivity contribution in [2.45, 2.75) is 0 Å². The van der Waals surface area contributed by atoms with E-state index in [-0.39, 0.29) is 0 Å². The average molecular weight is 352 g/mol. The summed E-state index contributed by atoms with van der Waals surface area (Å²) in [6, 6.07) is 5.23. The van der Waals surface area contributed by atoms with Crippen molar-refractivity contribution < 1.29 is 4.79 Å². The monoisotopic (exact) mass is 352 g/mol. The summed E-state index contributed by atoms with van der Waals surface area (Å²) in [7, 11) is 0. The van der Waals surface area contributed by atoms with Crippen molar-refractivity contribution in [2.75, 3.05) is 3.13 Å². The van der Waals surface area contributed by atoms with Gasteiger partial charge in [-0.15, -0.1) is 0 Å². The fraction of sp³-hybridized carbons (Fsp3) is 0. The minimum absolute atomic E-state index is 0.621. The molecule has 0 saturated heterocycles. The third-order valence-electron chi connectivity index (χ3n) is 1.52. The van der Waals surface area contributed by atoms with Crippen LogP contribution < -0.4 is 3.13 Å². The Morgan fingerprint density at radius 3 is 2.75 bits per heavy atom. The van der Waals surface area contributed by atoms with E-state index in [4.69, 9.17) is 5.41 Å². The molecule has 2 N–H and O–H groups in total. The molecular weight excluding hydrogens is 344 g/mol. The Bertz CT molecular complexity index is 312. The van der Waals surface area contributed by atoms with Crippen LogP contribution in [0.25, 0.3) is 0 Å². The quantitative estimate of drug-likeness (QED) is 0.485. The van der Waals surface area contributed by atoms with Gasteiger partial charge in [-0.05, 0) is 0 Å². The van der Waals surface area contributed by atoms with E-state index < -0.39 is 0 Å². The van der Waals surface area contributed by atoms with Crippen LogP contribution in [0, 0.1) is 5.41 Å². The molecule has 3 nitrogen and oxygen atoms in total. The summed E-state index contributed by atoms with van der Waals surface area (Å²) in [5, 5.41) is 7.08. The second-order valence-electron chi connectivity index (χ2n) is 2.25. The molecule has 4 heteroatoms. The van der Waals surface area contributed by atoms with Gasteiger partial charge in [0.15, 0.2) is 0 Å². The fourth-order valence-electron chi connectivity index (χ4n) is 0.898. The normalized spacial score (nSPS) is 8.92. The Kier molecular flexibility index (Phi) is 3.39. The van der Waals surface area contributed by atoms with Crippen molar-refractivity contribution in [3.8, 4) is 0 Å². The van der Waals surface area contributed by atoms with Gasteiger partial charge in [0, 0.05) is 0 Å². The van der Waals surface area contributed by atoms with Gasteiger partial charge in [0.1, 0.15) is 0 Å². The molecule has 0 heterocycles. The third kappa shape index (κ3) is 1.90. The Hall–Kier alpha value is -0.718. The Balaban J connectivity index is 3.18.